The van der Waals surface area contributed by atoms with Crippen LogP contribution in [0.5, 0.6) is 0 Å². The van der Waals surface area contributed by atoms with Gasteiger partial charge in [-0.15, -0.1) is 0 Å². The highest BCUT2D eigenvalue weighted by molar-refractivity contribution is 8.13. The summed E-state index contributed by atoms with van der Waals surface area (Å²) in [5.41, 5.74) is 6.80. The average molecular weight is 351 g/mol. The topological polar surface area (TPSA) is 51.5 Å². The SMILES string of the molecule is NC(=NCc1ccco1)SCc1ccc(Cl)cc1Cl.[Cl-]. The molecule has 0 saturated heterocycles. The fourth-order valence-electron chi connectivity index (χ4n) is 1.39. The van der Waals surface area contributed by atoms with Gasteiger partial charge in [0.2, 0.25) is 0 Å². The molecule has 0 radical (unpaired) electrons. The maximum absolute atomic E-state index is 6.08. The first-order valence-electron chi connectivity index (χ1n) is 5.54. The summed E-state index contributed by atoms with van der Waals surface area (Å²) in [6, 6.07) is 9.09. The highest BCUT2D eigenvalue weighted by Crippen LogP contribution is 2.24. The van der Waals surface area contributed by atoms with Gasteiger partial charge in [0.25, 0.3) is 0 Å². The zero-order chi connectivity index (χ0) is 13.7. The lowest BCUT2D eigenvalue weighted by Gasteiger charge is -2.04. The van der Waals surface area contributed by atoms with Gasteiger partial charge in [-0.2, -0.15) is 0 Å². The first kappa shape index (κ1) is 17.2. The molecule has 1 aromatic carbocycles. The number of furan rings is 1. The van der Waals surface area contributed by atoms with Crippen LogP contribution < -0.4 is 18.1 Å². The van der Waals surface area contributed by atoms with E-state index in [1.165, 1.54) is 11.8 Å². The van der Waals surface area contributed by atoms with Crippen molar-refractivity contribution in [3.05, 3.63) is 58.0 Å². The van der Waals surface area contributed by atoms with Gasteiger partial charge in [0, 0.05) is 15.8 Å². The standard InChI is InChI=1S/C13H12Cl2N2OS.ClH/c14-10-4-3-9(12(15)6-10)8-19-13(16)17-7-11-2-1-5-18-11;/h1-6H,7-8H2,(H2,16,17);1H/p-1. The largest absolute Gasteiger partial charge is 1.00 e. The van der Waals surface area contributed by atoms with E-state index in [0.29, 0.717) is 27.5 Å². The third kappa shape index (κ3) is 5.29. The van der Waals surface area contributed by atoms with E-state index in [2.05, 4.69) is 4.99 Å². The molecule has 3 nitrogen and oxygen atoms in total. The maximum atomic E-state index is 6.08. The lowest BCUT2D eigenvalue weighted by Crippen LogP contribution is -3.00. The monoisotopic (exact) mass is 349 g/mol. The Hall–Kier alpha value is -0.810. The van der Waals surface area contributed by atoms with Crippen LogP contribution in [0, 0.1) is 0 Å². The summed E-state index contributed by atoms with van der Waals surface area (Å²) in [5.74, 6) is 1.44. The number of rotatable bonds is 4. The number of nitrogens with zero attached hydrogens (tertiary/aromatic N) is 1. The van der Waals surface area contributed by atoms with Crippen molar-refractivity contribution in [1.82, 2.24) is 0 Å². The summed E-state index contributed by atoms with van der Waals surface area (Å²) in [6.07, 6.45) is 1.61. The molecule has 0 aliphatic carbocycles. The number of benzene rings is 1. The van der Waals surface area contributed by atoms with Crippen molar-refractivity contribution >= 4 is 40.1 Å². The van der Waals surface area contributed by atoms with Crippen molar-refractivity contribution < 1.29 is 16.8 Å². The number of aliphatic imine (C=N–C) groups is 1. The molecule has 0 amide bonds. The Balaban J connectivity index is 0.00000200. The quantitative estimate of drug-likeness (QED) is 0.669. The van der Waals surface area contributed by atoms with Crippen LogP contribution in [0.4, 0.5) is 0 Å². The maximum Gasteiger partial charge on any atom is 0.154 e. The molecule has 1 heterocycles. The molecule has 1 aromatic heterocycles. The molecular formula is C13H12Cl3N2OS-. The van der Waals surface area contributed by atoms with Crippen LogP contribution in [0.2, 0.25) is 10.0 Å². The smallest absolute Gasteiger partial charge is 0.154 e. The van der Waals surface area contributed by atoms with Crippen molar-refractivity contribution in [3.8, 4) is 0 Å². The van der Waals surface area contributed by atoms with Crippen molar-refractivity contribution in [2.75, 3.05) is 0 Å². The van der Waals surface area contributed by atoms with Crippen LogP contribution in [-0.2, 0) is 12.3 Å². The molecule has 2 N–H and O–H groups in total. The second-order valence-corrected chi connectivity index (χ2v) is 5.60. The van der Waals surface area contributed by atoms with E-state index >= 15 is 0 Å². The molecule has 108 valence electrons. The van der Waals surface area contributed by atoms with Gasteiger partial charge in [-0.1, -0.05) is 41.0 Å². The van der Waals surface area contributed by atoms with Crippen molar-refractivity contribution in [1.29, 1.82) is 0 Å². The van der Waals surface area contributed by atoms with Gasteiger partial charge in [-0.25, -0.2) is 0 Å². The molecule has 2 rings (SSSR count). The lowest BCUT2D eigenvalue weighted by atomic mass is 10.2. The zero-order valence-corrected chi connectivity index (χ0v) is 13.4. The molecule has 0 spiro atoms. The fourth-order valence-corrected chi connectivity index (χ4v) is 2.66. The molecule has 2 aromatic rings. The molecule has 0 aliphatic heterocycles. The molecule has 0 atom stereocenters. The normalized spacial score (nSPS) is 11.2. The summed E-state index contributed by atoms with van der Waals surface area (Å²) >= 11 is 13.3. The molecule has 0 bridgehead atoms. The number of halogens is 3. The summed E-state index contributed by atoms with van der Waals surface area (Å²) in [7, 11) is 0. The summed E-state index contributed by atoms with van der Waals surface area (Å²) in [6.45, 7) is 0.445. The minimum absolute atomic E-state index is 0. The fraction of sp³-hybridized carbons (Fsp3) is 0.154. The van der Waals surface area contributed by atoms with Crippen molar-refractivity contribution in [2.24, 2.45) is 10.7 Å². The first-order valence-corrected chi connectivity index (χ1v) is 7.28. The van der Waals surface area contributed by atoms with Crippen LogP contribution in [0.3, 0.4) is 0 Å². The molecule has 0 aliphatic rings. The summed E-state index contributed by atoms with van der Waals surface area (Å²) < 4.78 is 5.17. The molecule has 0 unspecified atom stereocenters. The van der Waals surface area contributed by atoms with E-state index in [-0.39, 0.29) is 12.4 Å². The first-order chi connectivity index (χ1) is 9.15. The van der Waals surface area contributed by atoms with Crippen LogP contribution in [0.15, 0.2) is 46.0 Å². The Morgan fingerprint density at radius 1 is 1.30 bits per heavy atom. The highest BCUT2D eigenvalue weighted by Gasteiger charge is 2.03. The Bertz CT molecular complexity index is 573. The van der Waals surface area contributed by atoms with Gasteiger partial charge in [0.1, 0.15) is 5.76 Å². The number of thioether (sulfide) groups is 1. The molecule has 7 heteroatoms. The Kier molecular flexibility index (Phi) is 7.30. The second kappa shape index (κ2) is 8.47. The van der Waals surface area contributed by atoms with Gasteiger partial charge < -0.3 is 22.6 Å². The Morgan fingerprint density at radius 2 is 2.10 bits per heavy atom. The molecule has 20 heavy (non-hydrogen) atoms. The van der Waals surface area contributed by atoms with E-state index in [1.54, 1.807) is 18.4 Å². The zero-order valence-electron chi connectivity index (χ0n) is 10.4. The van der Waals surface area contributed by atoms with Gasteiger partial charge >= 0.3 is 0 Å². The van der Waals surface area contributed by atoms with Crippen LogP contribution in [0.25, 0.3) is 0 Å². The average Bonchev–Trinajstić information content (AvgIpc) is 2.88. The number of nitrogens with two attached hydrogens (primary N) is 1. The molecular weight excluding hydrogens is 339 g/mol. The van der Waals surface area contributed by atoms with E-state index in [1.807, 2.05) is 18.2 Å². The summed E-state index contributed by atoms with van der Waals surface area (Å²) in [4.78, 5) is 4.22. The minimum atomic E-state index is 0. The second-order valence-electron chi connectivity index (χ2n) is 3.76. The third-order valence-electron chi connectivity index (χ3n) is 2.36. The lowest BCUT2D eigenvalue weighted by molar-refractivity contribution is -0.00000422. The highest BCUT2D eigenvalue weighted by atomic mass is 35.5. The van der Waals surface area contributed by atoms with Crippen molar-refractivity contribution in [3.63, 3.8) is 0 Å². The minimum Gasteiger partial charge on any atom is -1.00 e. The predicted molar refractivity (Wildman–Crippen MR) is 81.8 cm³/mol. The van der Waals surface area contributed by atoms with Gasteiger partial charge in [-0.05, 0) is 29.8 Å². The van der Waals surface area contributed by atoms with Crippen LogP contribution in [0.1, 0.15) is 11.3 Å². The molecule has 0 saturated carbocycles. The van der Waals surface area contributed by atoms with E-state index in [9.17, 15) is 0 Å². The number of hydrogen-bond acceptors (Lipinski definition) is 3. The van der Waals surface area contributed by atoms with Crippen molar-refractivity contribution in [2.45, 2.75) is 12.3 Å². The Morgan fingerprint density at radius 3 is 2.75 bits per heavy atom. The van der Waals surface area contributed by atoms with Crippen LogP contribution in [-0.4, -0.2) is 5.17 Å². The van der Waals surface area contributed by atoms with Crippen LogP contribution >= 0.6 is 35.0 Å². The van der Waals surface area contributed by atoms with E-state index in [0.717, 1.165) is 11.3 Å². The number of hydrogen-bond donors (Lipinski definition) is 1. The Labute approximate surface area is 137 Å². The van der Waals surface area contributed by atoms with Gasteiger partial charge in [0.15, 0.2) is 5.17 Å². The third-order valence-corrected chi connectivity index (χ3v) is 3.83. The van der Waals surface area contributed by atoms with E-state index < -0.39 is 0 Å². The van der Waals surface area contributed by atoms with E-state index in [4.69, 9.17) is 33.4 Å². The van der Waals surface area contributed by atoms with Gasteiger partial charge in [-0.3, -0.25) is 4.99 Å². The predicted octanol–water partition coefficient (Wildman–Crippen LogP) is 1.34. The molecule has 0 fully saturated rings. The van der Waals surface area contributed by atoms with Gasteiger partial charge in [0.05, 0.1) is 12.8 Å². The number of amidine groups is 1. The summed E-state index contributed by atoms with van der Waals surface area (Å²) in [5, 5.41) is 1.76.